The van der Waals surface area contributed by atoms with Gasteiger partial charge in [0.2, 0.25) is 11.8 Å². The second-order valence-electron chi connectivity index (χ2n) is 4.82. The van der Waals surface area contributed by atoms with Crippen molar-refractivity contribution in [1.82, 2.24) is 10.2 Å². The minimum atomic E-state index is -0.488. The van der Waals surface area contributed by atoms with Gasteiger partial charge in [-0.3, -0.25) is 9.59 Å². The fourth-order valence-electron chi connectivity index (χ4n) is 1.72. The van der Waals surface area contributed by atoms with Crippen LogP contribution >= 0.6 is 22.9 Å². The number of likely N-dealkylation sites (N-methyl/N-ethyl adjacent to an activating group) is 1. The van der Waals surface area contributed by atoms with Crippen molar-refractivity contribution < 1.29 is 9.59 Å². The summed E-state index contributed by atoms with van der Waals surface area (Å²) in [5, 5.41) is 2.70. The zero-order valence-corrected chi connectivity index (χ0v) is 13.1. The largest absolute Gasteiger partial charge is 0.344 e. The van der Waals surface area contributed by atoms with Gasteiger partial charge in [0.15, 0.2) is 0 Å². The Morgan fingerprint density at radius 2 is 2.05 bits per heavy atom. The summed E-state index contributed by atoms with van der Waals surface area (Å²) in [6.07, 6.45) is 0. The third kappa shape index (κ3) is 4.84. The van der Waals surface area contributed by atoms with Gasteiger partial charge in [0, 0.05) is 18.8 Å². The molecule has 0 aliphatic heterocycles. The Labute approximate surface area is 122 Å². The molecule has 0 aromatic carbocycles. The average Bonchev–Trinajstić information content (AvgIpc) is 2.70. The third-order valence-electron chi connectivity index (χ3n) is 2.69. The highest BCUT2D eigenvalue weighted by Crippen LogP contribution is 2.22. The van der Waals surface area contributed by atoms with Crippen molar-refractivity contribution in [3.8, 4) is 0 Å². The Hall–Kier alpha value is -1.07. The van der Waals surface area contributed by atoms with Crippen LogP contribution < -0.4 is 5.32 Å². The van der Waals surface area contributed by atoms with Crippen LogP contribution in [0.15, 0.2) is 12.1 Å². The number of carbonyl (C=O) groups is 2. The maximum atomic E-state index is 12.3. The zero-order valence-electron chi connectivity index (χ0n) is 11.6. The fraction of sp³-hybridized carbons (Fsp3) is 0.538. The number of rotatable bonds is 5. The molecule has 1 aromatic heterocycles. The van der Waals surface area contributed by atoms with E-state index in [1.54, 1.807) is 11.9 Å². The predicted octanol–water partition coefficient (Wildman–Crippen LogP) is 2.52. The second kappa shape index (κ2) is 6.91. The molecule has 1 aromatic rings. The van der Waals surface area contributed by atoms with Crippen LogP contribution in [0.2, 0.25) is 4.34 Å². The number of halogens is 1. The first kappa shape index (κ1) is 16.0. The molecule has 6 heteroatoms. The minimum Gasteiger partial charge on any atom is -0.344 e. The highest BCUT2D eigenvalue weighted by Gasteiger charge is 2.26. The number of hydrogen-bond donors (Lipinski definition) is 1. The van der Waals surface area contributed by atoms with Crippen molar-refractivity contribution >= 4 is 34.8 Å². The van der Waals surface area contributed by atoms with Gasteiger partial charge in [0.1, 0.15) is 6.04 Å². The Bertz CT molecular complexity index is 459. The highest BCUT2D eigenvalue weighted by atomic mass is 35.5. The van der Waals surface area contributed by atoms with Gasteiger partial charge < -0.3 is 10.2 Å². The summed E-state index contributed by atoms with van der Waals surface area (Å²) in [5.41, 5.74) is 0. The predicted molar refractivity (Wildman–Crippen MR) is 78.2 cm³/mol. The molecule has 1 atom stereocenters. The first-order chi connectivity index (χ1) is 8.81. The topological polar surface area (TPSA) is 49.4 Å². The van der Waals surface area contributed by atoms with E-state index in [-0.39, 0.29) is 17.7 Å². The Morgan fingerprint density at radius 1 is 1.42 bits per heavy atom. The van der Waals surface area contributed by atoms with Crippen molar-refractivity contribution in [2.45, 2.75) is 33.4 Å². The summed E-state index contributed by atoms with van der Waals surface area (Å²) in [7, 11) is 1.73. The molecule has 1 N–H and O–H groups in total. The number of hydrogen-bond acceptors (Lipinski definition) is 3. The van der Waals surface area contributed by atoms with E-state index >= 15 is 0 Å². The number of carbonyl (C=O) groups excluding carboxylic acids is 2. The van der Waals surface area contributed by atoms with E-state index in [0.717, 1.165) is 4.88 Å². The number of nitrogens with one attached hydrogen (secondary N) is 1. The Morgan fingerprint density at radius 3 is 2.47 bits per heavy atom. The third-order valence-corrected chi connectivity index (χ3v) is 3.91. The monoisotopic (exact) mass is 302 g/mol. The van der Waals surface area contributed by atoms with Crippen molar-refractivity contribution in [3.63, 3.8) is 0 Å². The lowest BCUT2D eigenvalue weighted by atomic mass is 10.0. The number of thiophene rings is 1. The molecule has 1 unspecified atom stereocenters. The molecule has 106 valence electrons. The van der Waals surface area contributed by atoms with E-state index in [0.29, 0.717) is 10.9 Å². The van der Waals surface area contributed by atoms with Crippen LogP contribution in [0.1, 0.15) is 25.6 Å². The van der Waals surface area contributed by atoms with Crippen LogP contribution in [0.25, 0.3) is 0 Å². The van der Waals surface area contributed by atoms with E-state index < -0.39 is 6.04 Å². The van der Waals surface area contributed by atoms with Gasteiger partial charge in [-0.05, 0) is 18.1 Å². The molecule has 0 saturated carbocycles. The van der Waals surface area contributed by atoms with E-state index in [4.69, 9.17) is 11.6 Å². The summed E-state index contributed by atoms with van der Waals surface area (Å²) in [4.78, 5) is 26.1. The smallest absolute Gasteiger partial charge is 0.245 e. The van der Waals surface area contributed by atoms with Crippen molar-refractivity contribution in [2.75, 3.05) is 7.05 Å². The van der Waals surface area contributed by atoms with E-state index in [1.807, 2.05) is 26.0 Å². The van der Waals surface area contributed by atoms with Gasteiger partial charge in [-0.25, -0.2) is 0 Å². The molecule has 0 aliphatic carbocycles. The molecule has 2 amide bonds. The van der Waals surface area contributed by atoms with Gasteiger partial charge >= 0.3 is 0 Å². The normalized spacial score (nSPS) is 12.3. The second-order valence-corrected chi connectivity index (χ2v) is 6.62. The highest BCUT2D eigenvalue weighted by molar-refractivity contribution is 7.16. The van der Waals surface area contributed by atoms with Gasteiger partial charge in [-0.1, -0.05) is 25.4 Å². The summed E-state index contributed by atoms with van der Waals surface area (Å²) in [6.45, 7) is 5.74. The van der Waals surface area contributed by atoms with Gasteiger partial charge in [-0.2, -0.15) is 0 Å². The van der Waals surface area contributed by atoms with Crippen LogP contribution in [-0.4, -0.2) is 29.8 Å². The molecule has 19 heavy (non-hydrogen) atoms. The van der Waals surface area contributed by atoms with Gasteiger partial charge in [0.05, 0.1) is 10.9 Å². The maximum Gasteiger partial charge on any atom is 0.245 e. The van der Waals surface area contributed by atoms with Crippen LogP contribution in [0.4, 0.5) is 0 Å². The first-order valence-electron chi connectivity index (χ1n) is 6.07. The van der Waals surface area contributed by atoms with E-state index in [9.17, 15) is 9.59 Å². The Balaban J connectivity index is 2.70. The summed E-state index contributed by atoms with van der Waals surface area (Å²) < 4.78 is 0.707. The van der Waals surface area contributed by atoms with Crippen LogP contribution in [0.5, 0.6) is 0 Å². The van der Waals surface area contributed by atoms with Gasteiger partial charge in [-0.15, -0.1) is 11.3 Å². The molecule has 4 nitrogen and oxygen atoms in total. The molecule has 0 saturated heterocycles. The van der Waals surface area contributed by atoms with Crippen molar-refractivity contribution in [3.05, 3.63) is 21.3 Å². The van der Waals surface area contributed by atoms with Crippen molar-refractivity contribution in [2.24, 2.45) is 5.92 Å². The van der Waals surface area contributed by atoms with Crippen LogP contribution in [-0.2, 0) is 16.1 Å². The minimum absolute atomic E-state index is 0.0470. The lowest BCUT2D eigenvalue weighted by Gasteiger charge is -2.26. The standard InChI is InChI=1S/C13H19ClN2O2S/c1-8(2)12(15-9(3)17)13(18)16(4)7-10-5-6-11(14)19-10/h5-6,8,12H,7H2,1-4H3,(H,15,17). The SMILES string of the molecule is CC(=O)NC(C(=O)N(C)Cc1ccc(Cl)s1)C(C)C. The summed E-state index contributed by atoms with van der Waals surface area (Å²) >= 11 is 7.32. The zero-order chi connectivity index (χ0) is 14.6. The molecule has 0 fully saturated rings. The quantitative estimate of drug-likeness (QED) is 0.908. The van der Waals surface area contributed by atoms with E-state index in [2.05, 4.69) is 5.32 Å². The molecule has 0 aliphatic rings. The molecular formula is C13H19ClN2O2S. The first-order valence-corrected chi connectivity index (χ1v) is 7.27. The average molecular weight is 303 g/mol. The van der Waals surface area contributed by atoms with Crippen LogP contribution in [0.3, 0.4) is 0 Å². The lowest BCUT2D eigenvalue weighted by molar-refractivity contribution is -0.136. The molecule has 0 radical (unpaired) electrons. The summed E-state index contributed by atoms with van der Waals surface area (Å²) in [5.74, 6) is -0.236. The number of nitrogens with zero attached hydrogens (tertiary/aromatic N) is 1. The molecular weight excluding hydrogens is 284 g/mol. The lowest BCUT2D eigenvalue weighted by Crippen LogP contribution is -2.49. The van der Waals surface area contributed by atoms with Crippen molar-refractivity contribution in [1.29, 1.82) is 0 Å². The Kier molecular flexibility index (Phi) is 5.82. The molecule has 0 bridgehead atoms. The molecule has 1 heterocycles. The molecule has 0 spiro atoms. The number of amides is 2. The molecule has 1 rings (SSSR count). The fourth-order valence-corrected chi connectivity index (χ4v) is 2.86. The maximum absolute atomic E-state index is 12.3. The van der Waals surface area contributed by atoms with E-state index in [1.165, 1.54) is 18.3 Å². The van der Waals surface area contributed by atoms with Crippen LogP contribution in [0, 0.1) is 5.92 Å². The van der Waals surface area contributed by atoms with Gasteiger partial charge in [0.25, 0.3) is 0 Å². The summed E-state index contributed by atoms with van der Waals surface area (Å²) in [6, 6.07) is 3.23.